The second-order valence-corrected chi connectivity index (χ2v) is 13.9. The Balaban J connectivity index is 3.06. The highest BCUT2D eigenvalue weighted by Gasteiger charge is 1.99. The average molecular weight is 861 g/mol. The van der Waals surface area contributed by atoms with Crippen molar-refractivity contribution in [2.24, 2.45) is 5.92 Å². The van der Waals surface area contributed by atoms with Crippen LogP contribution in [0, 0.1) is 5.92 Å². The molecule has 59 heavy (non-hydrogen) atoms. The third-order valence-corrected chi connectivity index (χ3v) is 8.26. The Morgan fingerprint density at radius 2 is 0.390 bits per heavy atom. The highest BCUT2D eigenvalue weighted by Crippen LogP contribution is 2.12. The SMILES string of the molecule is CC(C)CCCCCCCCCCOCCOCCOCCOCCOCCOCCOCCOCCOCCOCCOCCOCCOCCOCCOCCO. The van der Waals surface area contributed by atoms with E-state index in [0.717, 1.165) is 18.9 Å². The van der Waals surface area contributed by atoms with Gasteiger partial charge >= 0.3 is 0 Å². The predicted molar refractivity (Wildman–Crippen MR) is 226 cm³/mol. The molecule has 0 bridgehead atoms. The van der Waals surface area contributed by atoms with Crippen LogP contribution in [-0.4, -0.2) is 210 Å². The monoisotopic (exact) mass is 861 g/mol. The second-order valence-electron chi connectivity index (χ2n) is 13.9. The van der Waals surface area contributed by atoms with Gasteiger partial charge in [0.1, 0.15) is 0 Å². The van der Waals surface area contributed by atoms with Crippen LogP contribution in [0.15, 0.2) is 0 Å². The number of aliphatic hydroxyl groups is 1. The molecule has 0 atom stereocenters. The number of ether oxygens (including phenoxy) is 15. The minimum absolute atomic E-state index is 0.0235. The van der Waals surface area contributed by atoms with Gasteiger partial charge in [0.15, 0.2) is 0 Å². The summed E-state index contributed by atoms with van der Waals surface area (Å²) in [6, 6.07) is 0. The highest BCUT2D eigenvalue weighted by atomic mass is 16.6. The molecule has 16 nitrogen and oxygen atoms in total. The van der Waals surface area contributed by atoms with E-state index < -0.39 is 0 Å². The Hall–Kier alpha value is -0.640. The average Bonchev–Trinajstić information content (AvgIpc) is 3.23. The maximum absolute atomic E-state index is 8.60. The maximum atomic E-state index is 8.60. The molecule has 356 valence electrons. The molecule has 1 N–H and O–H groups in total. The van der Waals surface area contributed by atoms with Crippen molar-refractivity contribution in [1.29, 1.82) is 0 Å². The van der Waals surface area contributed by atoms with Gasteiger partial charge in [-0.05, 0) is 12.3 Å². The summed E-state index contributed by atoms with van der Waals surface area (Å²) in [5.41, 5.74) is 0. The molecule has 0 radical (unpaired) electrons. The van der Waals surface area contributed by atoms with E-state index in [1.54, 1.807) is 0 Å². The Morgan fingerprint density at radius 1 is 0.220 bits per heavy atom. The van der Waals surface area contributed by atoms with Gasteiger partial charge in [-0.25, -0.2) is 0 Å². The van der Waals surface area contributed by atoms with Crippen molar-refractivity contribution < 1.29 is 76.2 Å². The smallest absolute Gasteiger partial charge is 0.0701 e. The Labute approximate surface area is 358 Å². The van der Waals surface area contributed by atoms with E-state index in [-0.39, 0.29) is 6.61 Å². The van der Waals surface area contributed by atoms with Crippen LogP contribution in [0.1, 0.15) is 71.6 Å². The van der Waals surface area contributed by atoms with Crippen LogP contribution in [0.2, 0.25) is 0 Å². The van der Waals surface area contributed by atoms with Crippen molar-refractivity contribution in [3.05, 3.63) is 0 Å². The van der Waals surface area contributed by atoms with Gasteiger partial charge in [0.25, 0.3) is 0 Å². The zero-order valence-corrected chi connectivity index (χ0v) is 37.4. The van der Waals surface area contributed by atoms with Gasteiger partial charge in [0.05, 0.1) is 198 Å². The maximum Gasteiger partial charge on any atom is 0.0701 e. The molecule has 0 rings (SSSR count). The number of rotatable bonds is 55. The fourth-order valence-corrected chi connectivity index (χ4v) is 5.06. The number of aliphatic hydroxyl groups excluding tert-OH is 1. The number of hydrogen-bond donors (Lipinski definition) is 1. The van der Waals surface area contributed by atoms with Gasteiger partial charge in [0.2, 0.25) is 0 Å². The number of hydrogen-bond acceptors (Lipinski definition) is 16. The van der Waals surface area contributed by atoms with E-state index in [9.17, 15) is 0 Å². The first-order valence-electron chi connectivity index (χ1n) is 22.5. The molecule has 0 amide bonds. The summed E-state index contributed by atoms with van der Waals surface area (Å²) in [6.07, 6.45) is 12.0. The lowest BCUT2D eigenvalue weighted by molar-refractivity contribution is -0.0301. The van der Waals surface area contributed by atoms with Gasteiger partial charge in [0, 0.05) is 6.61 Å². The first kappa shape index (κ1) is 58.4. The Kier molecular flexibility index (Phi) is 54.8. The number of unbranched alkanes of at least 4 members (excludes halogenated alkanes) is 7. The molecule has 0 spiro atoms. The van der Waals surface area contributed by atoms with E-state index >= 15 is 0 Å². The summed E-state index contributed by atoms with van der Waals surface area (Å²) in [5.74, 6) is 0.843. The molecule has 0 aliphatic carbocycles. The zero-order chi connectivity index (χ0) is 42.5. The van der Waals surface area contributed by atoms with Crippen molar-refractivity contribution in [3.8, 4) is 0 Å². The van der Waals surface area contributed by atoms with Gasteiger partial charge in [-0.2, -0.15) is 0 Å². The van der Waals surface area contributed by atoms with Crippen molar-refractivity contribution in [1.82, 2.24) is 0 Å². The van der Waals surface area contributed by atoms with E-state index in [1.165, 1.54) is 51.4 Å². The summed E-state index contributed by atoms with van der Waals surface area (Å²) in [5, 5.41) is 8.60. The van der Waals surface area contributed by atoms with E-state index in [2.05, 4.69) is 13.8 Å². The molecule has 0 saturated carbocycles. The van der Waals surface area contributed by atoms with Crippen molar-refractivity contribution in [2.75, 3.05) is 205 Å². The van der Waals surface area contributed by atoms with Crippen LogP contribution in [0.25, 0.3) is 0 Å². The first-order valence-corrected chi connectivity index (χ1v) is 22.5. The van der Waals surface area contributed by atoms with Gasteiger partial charge in [-0.15, -0.1) is 0 Å². The summed E-state index contributed by atoms with van der Waals surface area (Å²) in [7, 11) is 0. The first-order chi connectivity index (χ1) is 29.3. The molecule has 0 aromatic carbocycles. The molecule has 0 fully saturated rings. The molecule has 0 saturated heterocycles. The third-order valence-electron chi connectivity index (χ3n) is 8.26. The molecule has 0 aromatic heterocycles. The lowest BCUT2D eigenvalue weighted by Crippen LogP contribution is -2.15. The lowest BCUT2D eigenvalue weighted by Gasteiger charge is -2.09. The molecule has 0 aromatic rings. The summed E-state index contributed by atoms with van der Waals surface area (Å²) in [6.45, 7) is 20.3. The van der Waals surface area contributed by atoms with Crippen molar-refractivity contribution in [2.45, 2.75) is 71.6 Å². The Morgan fingerprint density at radius 3 is 0.593 bits per heavy atom. The molecular weight excluding hydrogens is 772 g/mol. The Bertz CT molecular complexity index is 727. The topological polar surface area (TPSA) is 159 Å². The van der Waals surface area contributed by atoms with Crippen LogP contribution in [-0.2, 0) is 71.1 Å². The van der Waals surface area contributed by atoms with Gasteiger partial charge < -0.3 is 76.2 Å². The predicted octanol–water partition coefficient (Wildman–Crippen LogP) is 4.39. The molecule has 0 heterocycles. The molecule has 16 heteroatoms. The van der Waals surface area contributed by atoms with Crippen molar-refractivity contribution in [3.63, 3.8) is 0 Å². The minimum Gasteiger partial charge on any atom is -0.394 e. The molecular formula is C43H88O16. The third kappa shape index (κ3) is 57.4. The summed E-state index contributed by atoms with van der Waals surface area (Å²) >= 11 is 0. The van der Waals surface area contributed by atoms with E-state index in [4.69, 9.17) is 76.2 Å². The summed E-state index contributed by atoms with van der Waals surface area (Å²) < 4.78 is 82.1. The quantitative estimate of drug-likeness (QED) is 0.0858. The van der Waals surface area contributed by atoms with E-state index in [1.807, 2.05) is 0 Å². The van der Waals surface area contributed by atoms with Crippen molar-refractivity contribution >= 4 is 0 Å². The fourth-order valence-electron chi connectivity index (χ4n) is 5.06. The van der Waals surface area contributed by atoms with Crippen LogP contribution in [0.3, 0.4) is 0 Å². The van der Waals surface area contributed by atoms with Gasteiger partial charge in [-0.3, -0.25) is 0 Å². The van der Waals surface area contributed by atoms with Crippen LogP contribution in [0.4, 0.5) is 0 Å². The second kappa shape index (κ2) is 55.4. The van der Waals surface area contributed by atoms with Gasteiger partial charge in [-0.1, -0.05) is 65.2 Å². The molecule has 0 unspecified atom stereocenters. The van der Waals surface area contributed by atoms with E-state index in [0.29, 0.717) is 192 Å². The highest BCUT2D eigenvalue weighted by molar-refractivity contribution is 4.50. The minimum atomic E-state index is 0.0235. The van der Waals surface area contributed by atoms with Crippen LogP contribution >= 0.6 is 0 Å². The largest absolute Gasteiger partial charge is 0.394 e. The molecule has 0 aliphatic rings. The normalized spacial score (nSPS) is 11.8. The standard InChI is InChI=1S/C43H88O16/c1-43(2)11-9-7-5-3-4-6-8-10-13-45-15-17-47-19-21-49-23-25-51-27-29-53-31-33-55-35-37-57-39-41-59-42-40-58-38-36-56-34-32-54-30-28-52-26-24-50-22-20-48-18-16-46-14-12-44/h43-44H,3-42H2,1-2H3. The summed E-state index contributed by atoms with van der Waals surface area (Å²) in [4.78, 5) is 0. The van der Waals surface area contributed by atoms with Crippen LogP contribution < -0.4 is 0 Å². The van der Waals surface area contributed by atoms with Crippen LogP contribution in [0.5, 0.6) is 0 Å². The fraction of sp³-hybridized carbons (Fsp3) is 1.00. The lowest BCUT2D eigenvalue weighted by atomic mass is 10.0. The molecule has 0 aliphatic heterocycles. The zero-order valence-electron chi connectivity index (χ0n) is 37.4.